The molecular weight excluding hydrogens is 228 g/mol. The Labute approximate surface area is 95.4 Å². The van der Waals surface area contributed by atoms with Crippen LogP contribution in [-0.2, 0) is 6.54 Å². The van der Waals surface area contributed by atoms with Crippen molar-refractivity contribution in [2.45, 2.75) is 13.5 Å². The van der Waals surface area contributed by atoms with E-state index in [1.807, 2.05) is 12.3 Å². The SMILES string of the molecule is Cc1nsc(NCc2nccs2)c1C#N. The van der Waals surface area contributed by atoms with Crippen molar-refractivity contribution >= 4 is 27.9 Å². The van der Waals surface area contributed by atoms with Crippen molar-refractivity contribution in [1.29, 1.82) is 5.26 Å². The summed E-state index contributed by atoms with van der Waals surface area (Å²) in [5.41, 5.74) is 1.42. The fraction of sp³-hybridized carbons (Fsp3) is 0.222. The van der Waals surface area contributed by atoms with Crippen LogP contribution < -0.4 is 5.32 Å². The summed E-state index contributed by atoms with van der Waals surface area (Å²) < 4.78 is 4.13. The minimum atomic E-state index is 0.636. The number of rotatable bonds is 3. The van der Waals surface area contributed by atoms with E-state index in [2.05, 4.69) is 20.7 Å². The lowest BCUT2D eigenvalue weighted by molar-refractivity contribution is 1.11. The van der Waals surface area contributed by atoms with Crippen LogP contribution in [0.2, 0.25) is 0 Å². The molecule has 0 fully saturated rings. The lowest BCUT2D eigenvalue weighted by Gasteiger charge is -1.99. The molecule has 0 aromatic carbocycles. The zero-order chi connectivity index (χ0) is 10.7. The summed E-state index contributed by atoms with van der Waals surface area (Å²) >= 11 is 2.91. The van der Waals surface area contributed by atoms with Gasteiger partial charge in [0.15, 0.2) is 0 Å². The Bertz CT molecular complexity index is 481. The molecule has 15 heavy (non-hydrogen) atoms. The first-order valence-corrected chi connectivity index (χ1v) is 5.95. The Balaban J connectivity index is 2.09. The Morgan fingerprint density at radius 3 is 3.13 bits per heavy atom. The van der Waals surface area contributed by atoms with Gasteiger partial charge < -0.3 is 5.32 Å². The second-order valence-corrected chi connectivity index (χ2v) is 4.62. The summed E-state index contributed by atoms with van der Waals surface area (Å²) in [7, 11) is 0. The van der Waals surface area contributed by atoms with Gasteiger partial charge in [0.1, 0.15) is 21.6 Å². The topological polar surface area (TPSA) is 61.6 Å². The molecule has 2 rings (SSSR count). The highest BCUT2D eigenvalue weighted by Crippen LogP contribution is 2.24. The number of aromatic nitrogens is 2. The maximum absolute atomic E-state index is 8.91. The van der Waals surface area contributed by atoms with E-state index in [-0.39, 0.29) is 0 Å². The molecule has 0 radical (unpaired) electrons. The van der Waals surface area contributed by atoms with Gasteiger partial charge in [-0.05, 0) is 18.5 Å². The van der Waals surface area contributed by atoms with E-state index in [1.54, 1.807) is 17.5 Å². The van der Waals surface area contributed by atoms with Crippen molar-refractivity contribution in [3.05, 3.63) is 27.8 Å². The Morgan fingerprint density at radius 1 is 1.60 bits per heavy atom. The molecule has 6 heteroatoms. The Hall–Kier alpha value is -1.45. The summed E-state index contributed by atoms with van der Waals surface area (Å²) in [4.78, 5) is 4.15. The molecule has 0 aliphatic heterocycles. The highest BCUT2D eigenvalue weighted by molar-refractivity contribution is 7.10. The molecule has 0 spiro atoms. The third kappa shape index (κ3) is 2.14. The van der Waals surface area contributed by atoms with Crippen LogP contribution in [0.3, 0.4) is 0 Å². The van der Waals surface area contributed by atoms with Gasteiger partial charge in [0, 0.05) is 11.6 Å². The molecule has 2 aromatic heterocycles. The maximum Gasteiger partial charge on any atom is 0.128 e. The molecule has 0 saturated heterocycles. The maximum atomic E-state index is 8.91. The predicted octanol–water partition coefficient (Wildman–Crippen LogP) is 2.39. The molecule has 0 aliphatic rings. The predicted molar refractivity (Wildman–Crippen MR) is 61.0 cm³/mol. The quantitative estimate of drug-likeness (QED) is 0.888. The number of hydrogen-bond donors (Lipinski definition) is 1. The molecule has 0 saturated carbocycles. The van der Waals surface area contributed by atoms with Gasteiger partial charge in [-0.15, -0.1) is 11.3 Å². The lowest BCUT2D eigenvalue weighted by atomic mass is 10.3. The average molecular weight is 236 g/mol. The molecule has 4 nitrogen and oxygen atoms in total. The fourth-order valence-corrected chi connectivity index (χ4v) is 2.42. The third-order valence-electron chi connectivity index (χ3n) is 1.86. The molecule has 1 N–H and O–H groups in total. The zero-order valence-corrected chi connectivity index (χ0v) is 9.65. The Morgan fingerprint density at radius 2 is 2.47 bits per heavy atom. The first-order chi connectivity index (χ1) is 7.31. The number of anilines is 1. The van der Waals surface area contributed by atoms with Crippen LogP contribution in [0, 0.1) is 18.3 Å². The average Bonchev–Trinajstić information content (AvgIpc) is 2.84. The minimum Gasteiger partial charge on any atom is -0.368 e. The summed E-state index contributed by atoms with van der Waals surface area (Å²) in [6.07, 6.45) is 1.77. The zero-order valence-electron chi connectivity index (χ0n) is 8.02. The fourth-order valence-electron chi connectivity index (χ4n) is 1.12. The van der Waals surface area contributed by atoms with Crippen LogP contribution in [0.5, 0.6) is 0 Å². The van der Waals surface area contributed by atoms with E-state index >= 15 is 0 Å². The molecule has 0 unspecified atom stereocenters. The third-order valence-corrected chi connectivity index (χ3v) is 3.53. The minimum absolute atomic E-state index is 0.636. The van der Waals surface area contributed by atoms with E-state index in [0.29, 0.717) is 12.1 Å². The number of nitriles is 1. The van der Waals surface area contributed by atoms with E-state index in [4.69, 9.17) is 5.26 Å². The van der Waals surface area contributed by atoms with Crippen molar-refractivity contribution < 1.29 is 0 Å². The summed E-state index contributed by atoms with van der Waals surface area (Å²) in [6.45, 7) is 2.48. The Kier molecular flexibility index (Phi) is 2.94. The van der Waals surface area contributed by atoms with Crippen LogP contribution >= 0.6 is 22.9 Å². The monoisotopic (exact) mass is 236 g/mol. The van der Waals surface area contributed by atoms with Crippen molar-refractivity contribution in [3.63, 3.8) is 0 Å². The van der Waals surface area contributed by atoms with Gasteiger partial charge >= 0.3 is 0 Å². The molecule has 2 aromatic rings. The second-order valence-electron chi connectivity index (χ2n) is 2.86. The van der Waals surface area contributed by atoms with Crippen LogP contribution in [0.25, 0.3) is 0 Å². The second kappa shape index (κ2) is 4.38. The summed E-state index contributed by atoms with van der Waals surface area (Å²) in [5.74, 6) is 0. The first-order valence-electron chi connectivity index (χ1n) is 4.30. The van der Waals surface area contributed by atoms with Gasteiger partial charge in [0.25, 0.3) is 0 Å². The van der Waals surface area contributed by atoms with Gasteiger partial charge in [-0.25, -0.2) is 4.98 Å². The van der Waals surface area contributed by atoms with E-state index in [9.17, 15) is 0 Å². The first kappa shape index (κ1) is 10.1. The largest absolute Gasteiger partial charge is 0.368 e. The van der Waals surface area contributed by atoms with Crippen molar-refractivity contribution in [2.75, 3.05) is 5.32 Å². The molecular formula is C9H8N4S2. The van der Waals surface area contributed by atoms with Crippen LogP contribution in [0.15, 0.2) is 11.6 Å². The van der Waals surface area contributed by atoms with Gasteiger partial charge in [0.05, 0.1) is 12.2 Å². The molecule has 0 atom stereocenters. The van der Waals surface area contributed by atoms with E-state index in [1.165, 1.54) is 11.5 Å². The molecule has 2 heterocycles. The van der Waals surface area contributed by atoms with E-state index in [0.717, 1.165) is 15.7 Å². The van der Waals surface area contributed by atoms with Gasteiger partial charge in [-0.3, -0.25) is 0 Å². The molecule has 76 valence electrons. The lowest BCUT2D eigenvalue weighted by Crippen LogP contribution is -1.98. The number of hydrogen-bond acceptors (Lipinski definition) is 6. The van der Waals surface area contributed by atoms with Crippen LogP contribution in [0.1, 0.15) is 16.3 Å². The van der Waals surface area contributed by atoms with Crippen molar-refractivity contribution in [2.24, 2.45) is 0 Å². The smallest absolute Gasteiger partial charge is 0.128 e. The van der Waals surface area contributed by atoms with Crippen LogP contribution in [-0.4, -0.2) is 9.36 Å². The van der Waals surface area contributed by atoms with E-state index < -0.39 is 0 Å². The number of nitrogens with zero attached hydrogens (tertiary/aromatic N) is 3. The normalized spacial score (nSPS) is 9.87. The van der Waals surface area contributed by atoms with Gasteiger partial charge in [-0.2, -0.15) is 9.64 Å². The highest BCUT2D eigenvalue weighted by Gasteiger charge is 2.09. The van der Waals surface area contributed by atoms with Crippen molar-refractivity contribution in [1.82, 2.24) is 9.36 Å². The number of aryl methyl sites for hydroxylation is 1. The van der Waals surface area contributed by atoms with Gasteiger partial charge in [0.2, 0.25) is 0 Å². The van der Waals surface area contributed by atoms with Gasteiger partial charge in [-0.1, -0.05) is 0 Å². The summed E-state index contributed by atoms with van der Waals surface area (Å²) in [6, 6.07) is 2.14. The molecule has 0 amide bonds. The summed E-state index contributed by atoms with van der Waals surface area (Å²) in [5, 5.41) is 15.8. The van der Waals surface area contributed by atoms with Crippen LogP contribution in [0.4, 0.5) is 5.00 Å². The highest BCUT2D eigenvalue weighted by atomic mass is 32.1. The molecule has 0 bridgehead atoms. The molecule has 0 aliphatic carbocycles. The number of thiazole rings is 1. The number of nitrogens with one attached hydrogen (secondary N) is 1. The van der Waals surface area contributed by atoms with Crippen molar-refractivity contribution in [3.8, 4) is 6.07 Å². The standard InChI is InChI=1S/C9H8N4S2/c1-6-7(4-10)9(15-13-6)12-5-8-11-2-3-14-8/h2-3,12H,5H2,1H3.